The van der Waals surface area contributed by atoms with Gasteiger partial charge in [-0.15, -0.1) is 0 Å². The third kappa shape index (κ3) is 7.37. The number of hydrogen-bond donors (Lipinski definition) is 3. The highest BCUT2D eigenvalue weighted by Crippen LogP contribution is 2.65. The number of carbonyl (C=O) groups is 4. The minimum Gasteiger partial charge on any atom is -0.444 e. The molecule has 4 saturated carbocycles. The lowest BCUT2D eigenvalue weighted by Crippen LogP contribution is -2.62. The van der Waals surface area contributed by atoms with E-state index in [-0.39, 0.29) is 41.0 Å². The Morgan fingerprint density at radius 3 is 2.09 bits per heavy atom. The molecule has 5 rings (SSSR count). The van der Waals surface area contributed by atoms with E-state index in [0.29, 0.717) is 18.9 Å². The summed E-state index contributed by atoms with van der Waals surface area (Å²) in [6, 6.07) is -2.42. The molecule has 10 heteroatoms. The number of ether oxygens (including phenoxy) is 1. The standard InChI is InChI=1S/C35H58N4O6/c1-34(2,3)45-33(44)39(23-17-10-7-11-18-23)27(22-15-8-6-9-16-22)32(43)38-20-24-26(35(24,4)5)28(38)31(42)37-25(29(40)30(36)41)19-21-13-12-14-21/h21-28,30,41H,6-20,36H2,1-5H3,(H,37,42)/t24?,25?,26?,27-,28?,30?/m0/s1. The highest BCUT2D eigenvalue weighted by Gasteiger charge is 2.70. The van der Waals surface area contributed by atoms with Gasteiger partial charge in [-0.1, -0.05) is 71.6 Å². The van der Waals surface area contributed by atoms with Crippen LogP contribution in [0, 0.1) is 29.1 Å². The van der Waals surface area contributed by atoms with Crippen molar-refractivity contribution in [1.82, 2.24) is 15.1 Å². The van der Waals surface area contributed by atoms with Gasteiger partial charge < -0.3 is 20.1 Å². The van der Waals surface area contributed by atoms with Crippen LogP contribution < -0.4 is 11.1 Å². The van der Waals surface area contributed by atoms with Gasteiger partial charge in [0.2, 0.25) is 11.8 Å². The van der Waals surface area contributed by atoms with Crippen molar-refractivity contribution in [3.8, 4) is 0 Å². The zero-order chi connectivity index (χ0) is 32.7. The molecule has 0 radical (unpaired) electrons. The molecule has 5 unspecified atom stereocenters. The predicted molar refractivity (Wildman–Crippen MR) is 171 cm³/mol. The van der Waals surface area contributed by atoms with E-state index in [4.69, 9.17) is 10.5 Å². The summed E-state index contributed by atoms with van der Waals surface area (Å²) >= 11 is 0. The SMILES string of the molecule is CC(C)(C)OC(=O)N(C1CCCCC1)[C@H](C(=O)N1CC2C(C1C(=O)NC(CC1CCC1)C(=O)C(N)O)C2(C)C)C1CCCCC1. The topological polar surface area (TPSA) is 142 Å². The summed E-state index contributed by atoms with van der Waals surface area (Å²) in [5.74, 6) is -0.695. The van der Waals surface area contributed by atoms with Gasteiger partial charge in [0.15, 0.2) is 12.0 Å². The van der Waals surface area contributed by atoms with Crippen LogP contribution in [0.4, 0.5) is 4.79 Å². The number of nitrogens with two attached hydrogens (primary N) is 1. The monoisotopic (exact) mass is 630 g/mol. The number of fused-ring (bicyclic) bond motifs is 1. The molecule has 5 fully saturated rings. The molecule has 1 saturated heterocycles. The first-order valence-electron chi connectivity index (χ1n) is 17.8. The number of aliphatic hydroxyl groups excluding tert-OH is 1. The van der Waals surface area contributed by atoms with E-state index in [0.717, 1.165) is 83.5 Å². The highest BCUT2D eigenvalue weighted by atomic mass is 16.6. The Balaban J connectivity index is 1.46. The van der Waals surface area contributed by atoms with E-state index in [1.165, 1.54) is 0 Å². The maximum Gasteiger partial charge on any atom is 0.411 e. The van der Waals surface area contributed by atoms with E-state index in [2.05, 4.69) is 19.2 Å². The van der Waals surface area contributed by atoms with Crippen LogP contribution in [-0.4, -0.2) is 81.1 Å². The summed E-state index contributed by atoms with van der Waals surface area (Å²) in [5, 5.41) is 12.9. The van der Waals surface area contributed by atoms with Gasteiger partial charge in [-0.2, -0.15) is 0 Å². The number of hydrogen-bond acceptors (Lipinski definition) is 7. The Labute approximate surface area is 269 Å². The second-order valence-electron chi connectivity index (χ2n) is 16.4. The Kier molecular flexibility index (Phi) is 10.2. The Morgan fingerprint density at radius 1 is 0.956 bits per heavy atom. The number of likely N-dealkylation sites (tertiary alicyclic amines) is 1. The predicted octanol–water partition coefficient (Wildman–Crippen LogP) is 4.51. The Bertz CT molecular complexity index is 1100. The molecule has 254 valence electrons. The molecule has 0 aromatic rings. The quantitative estimate of drug-likeness (QED) is 0.302. The van der Waals surface area contributed by atoms with Gasteiger partial charge in [0.1, 0.15) is 17.7 Å². The summed E-state index contributed by atoms with van der Waals surface area (Å²) in [6.45, 7) is 10.3. The van der Waals surface area contributed by atoms with Gasteiger partial charge in [-0.25, -0.2) is 4.79 Å². The lowest BCUT2D eigenvalue weighted by molar-refractivity contribution is -0.148. The lowest BCUT2D eigenvalue weighted by atomic mass is 9.80. The van der Waals surface area contributed by atoms with Gasteiger partial charge in [0.25, 0.3) is 0 Å². The third-order valence-electron chi connectivity index (χ3n) is 11.7. The third-order valence-corrected chi connectivity index (χ3v) is 11.7. The zero-order valence-corrected chi connectivity index (χ0v) is 28.3. The number of amides is 3. The summed E-state index contributed by atoms with van der Waals surface area (Å²) < 4.78 is 5.99. The molecule has 0 aromatic heterocycles. The van der Waals surface area contributed by atoms with Crippen LogP contribution in [0.5, 0.6) is 0 Å². The van der Waals surface area contributed by atoms with Crippen molar-refractivity contribution < 1.29 is 29.0 Å². The average molecular weight is 631 g/mol. The first kappa shape index (κ1) is 34.1. The number of nitrogens with one attached hydrogen (secondary N) is 1. The molecule has 0 spiro atoms. The van der Waals surface area contributed by atoms with Crippen LogP contribution in [0.3, 0.4) is 0 Å². The zero-order valence-electron chi connectivity index (χ0n) is 28.3. The maximum atomic E-state index is 15.0. The van der Waals surface area contributed by atoms with Gasteiger partial charge in [0, 0.05) is 12.6 Å². The van der Waals surface area contributed by atoms with E-state index < -0.39 is 41.8 Å². The van der Waals surface area contributed by atoms with Crippen molar-refractivity contribution in [2.75, 3.05) is 6.54 Å². The van der Waals surface area contributed by atoms with E-state index in [9.17, 15) is 19.5 Å². The molecular formula is C35H58N4O6. The second-order valence-corrected chi connectivity index (χ2v) is 16.4. The second kappa shape index (κ2) is 13.5. The van der Waals surface area contributed by atoms with Crippen molar-refractivity contribution in [2.45, 2.75) is 161 Å². The fourth-order valence-corrected chi connectivity index (χ4v) is 8.92. The van der Waals surface area contributed by atoms with Gasteiger partial charge in [-0.05, 0) is 82.0 Å². The molecule has 0 bridgehead atoms. The normalized spacial score (nSPS) is 29.1. The molecular weight excluding hydrogens is 572 g/mol. The van der Waals surface area contributed by atoms with Crippen molar-refractivity contribution in [1.29, 1.82) is 0 Å². The Morgan fingerprint density at radius 2 is 1.56 bits per heavy atom. The molecule has 5 aliphatic rings. The van der Waals surface area contributed by atoms with E-state index >= 15 is 4.79 Å². The van der Waals surface area contributed by atoms with Crippen molar-refractivity contribution in [3.05, 3.63) is 0 Å². The number of carbonyl (C=O) groups excluding carboxylic acids is 4. The van der Waals surface area contributed by atoms with Gasteiger partial charge >= 0.3 is 6.09 Å². The number of aliphatic hydroxyl groups is 1. The molecule has 1 aliphatic heterocycles. The molecule has 6 atom stereocenters. The average Bonchev–Trinajstić information content (AvgIpc) is 3.27. The maximum absolute atomic E-state index is 15.0. The highest BCUT2D eigenvalue weighted by molar-refractivity contribution is 5.96. The smallest absolute Gasteiger partial charge is 0.411 e. The van der Waals surface area contributed by atoms with Crippen LogP contribution in [0.2, 0.25) is 0 Å². The van der Waals surface area contributed by atoms with Crippen LogP contribution in [0.1, 0.15) is 125 Å². The first-order valence-corrected chi connectivity index (χ1v) is 17.8. The number of piperidine rings is 1. The first-order chi connectivity index (χ1) is 21.2. The molecule has 1 heterocycles. The number of Topliss-reactive ketones (excluding diaryl/α,β-unsaturated/α-hetero) is 1. The summed E-state index contributed by atoms with van der Waals surface area (Å²) in [5.41, 5.74) is 4.77. The number of ketones is 1. The lowest BCUT2D eigenvalue weighted by Gasteiger charge is -2.45. The Hall–Kier alpha value is -2.20. The largest absolute Gasteiger partial charge is 0.444 e. The van der Waals surface area contributed by atoms with Gasteiger partial charge in [0.05, 0.1) is 6.04 Å². The molecule has 3 amide bonds. The van der Waals surface area contributed by atoms with E-state index in [1.54, 1.807) is 9.80 Å². The van der Waals surface area contributed by atoms with Crippen LogP contribution >= 0.6 is 0 Å². The van der Waals surface area contributed by atoms with Crippen LogP contribution in [-0.2, 0) is 19.1 Å². The summed E-state index contributed by atoms with van der Waals surface area (Å²) in [7, 11) is 0. The minimum atomic E-state index is -1.67. The molecule has 4 N–H and O–H groups in total. The molecule has 0 aromatic carbocycles. The molecule has 4 aliphatic carbocycles. The van der Waals surface area contributed by atoms with Crippen LogP contribution in [0.25, 0.3) is 0 Å². The number of nitrogens with zero attached hydrogens (tertiary/aromatic N) is 2. The summed E-state index contributed by atoms with van der Waals surface area (Å²) in [4.78, 5) is 59.8. The summed E-state index contributed by atoms with van der Waals surface area (Å²) in [6.07, 6.45) is 11.0. The minimum absolute atomic E-state index is 0.00493. The van der Waals surface area contributed by atoms with Gasteiger partial charge in [-0.3, -0.25) is 25.0 Å². The van der Waals surface area contributed by atoms with Crippen molar-refractivity contribution in [2.24, 2.45) is 34.8 Å². The number of rotatable bonds is 10. The van der Waals surface area contributed by atoms with Crippen molar-refractivity contribution in [3.63, 3.8) is 0 Å². The molecule has 45 heavy (non-hydrogen) atoms. The fourth-order valence-electron chi connectivity index (χ4n) is 8.92. The van der Waals surface area contributed by atoms with Crippen LogP contribution in [0.15, 0.2) is 0 Å². The molecule has 10 nitrogen and oxygen atoms in total. The van der Waals surface area contributed by atoms with Crippen molar-refractivity contribution >= 4 is 23.7 Å². The van der Waals surface area contributed by atoms with E-state index in [1.807, 2.05) is 20.8 Å². The fraction of sp³-hybridized carbons (Fsp3) is 0.886.